The van der Waals surface area contributed by atoms with Crippen LogP contribution in [-0.2, 0) is 0 Å². The Morgan fingerprint density at radius 1 is 1.36 bits per heavy atom. The third kappa shape index (κ3) is 2.48. The van der Waals surface area contributed by atoms with Crippen LogP contribution in [0.1, 0.15) is 19.3 Å². The highest BCUT2D eigenvalue weighted by Gasteiger charge is 2.42. The molecule has 0 radical (unpaired) electrons. The van der Waals surface area contributed by atoms with Gasteiger partial charge in [-0.3, -0.25) is 10.2 Å². The number of nitrogens with zero attached hydrogens (tertiary/aromatic N) is 1. The van der Waals surface area contributed by atoms with Gasteiger partial charge in [-0.1, -0.05) is 22.4 Å². The smallest absolute Gasteiger partial charge is 0.177 e. The molecule has 2 atom stereocenters. The molecule has 2 heterocycles. The molecule has 0 saturated carbocycles. The maximum Gasteiger partial charge on any atom is 0.177 e. The fourth-order valence-electron chi connectivity index (χ4n) is 2.00. The van der Waals surface area contributed by atoms with Gasteiger partial charge in [0.15, 0.2) is 3.90 Å². The second-order valence-corrected chi connectivity index (χ2v) is 7.70. The minimum atomic E-state index is 0.0197. The molecule has 1 N–H and O–H groups in total. The maximum absolute atomic E-state index is 3.85. The molecule has 2 saturated heterocycles. The lowest BCUT2D eigenvalue weighted by Gasteiger charge is -2.38. The second-order valence-electron chi connectivity index (χ2n) is 3.88. The summed E-state index contributed by atoms with van der Waals surface area (Å²) in [5, 5.41) is 5.35. The highest BCUT2D eigenvalue weighted by molar-refractivity contribution is 9.12. The fraction of sp³-hybridized carbons (Fsp3) is 1.00. The minimum Gasteiger partial charge on any atom is -0.280 e. The molecule has 2 nitrogen and oxygen atoms in total. The molecule has 0 aromatic carbocycles. The number of halogens is 2. The predicted octanol–water partition coefficient (Wildman–Crippen LogP) is 2.58. The molecule has 0 aromatic heterocycles. The Bertz CT molecular complexity index is 199. The lowest BCUT2D eigenvalue weighted by atomic mass is 10.1. The van der Waals surface area contributed by atoms with Crippen molar-refractivity contribution in [2.45, 2.75) is 28.4 Å². The molecule has 2 aliphatic rings. The standard InChI is InChI=1S/C9H16Br2N2S/c10-6-8-7-12-9(11,14-8)13-4-2-1-3-5-13/h8,12H,1-7H2. The van der Waals surface area contributed by atoms with Gasteiger partial charge in [-0.2, -0.15) is 0 Å². The van der Waals surface area contributed by atoms with Gasteiger partial charge in [0, 0.05) is 30.2 Å². The minimum absolute atomic E-state index is 0.0197. The number of nitrogens with one attached hydrogen (secondary N) is 1. The summed E-state index contributed by atoms with van der Waals surface area (Å²) >= 11 is 9.40. The van der Waals surface area contributed by atoms with E-state index in [0.717, 1.165) is 11.9 Å². The van der Waals surface area contributed by atoms with E-state index in [4.69, 9.17) is 0 Å². The van der Waals surface area contributed by atoms with Crippen LogP contribution in [0.5, 0.6) is 0 Å². The molecular formula is C9H16Br2N2S. The van der Waals surface area contributed by atoms with E-state index >= 15 is 0 Å². The number of piperidine rings is 1. The van der Waals surface area contributed by atoms with Gasteiger partial charge < -0.3 is 0 Å². The number of alkyl halides is 2. The van der Waals surface area contributed by atoms with Crippen molar-refractivity contribution < 1.29 is 0 Å². The number of hydrogen-bond acceptors (Lipinski definition) is 3. The fourth-order valence-corrected chi connectivity index (χ4v) is 5.10. The number of rotatable bonds is 2. The summed E-state index contributed by atoms with van der Waals surface area (Å²) in [6, 6.07) is 0. The van der Waals surface area contributed by atoms with Crippen LogP contribution in [0.25, 0.3) is 0 Å². The molecule has 0 bridgehead atoms. The first-order valence-electron chi connectivity index (χ1n) is 5.17. The molecule has 0 spiro atoms. The molecule has 82 valence electrons. The molecule has 14 heavy (non-hydrogen) atoms. The van der Waals surface area contributed by atoms with Crippen LogP contribution in [0, 0.1) is 0 Å². The van der Waals surface area contributed by atoms with Crippen molar-refractivity contribution in [2.24, 2.45) is 0 Å². The highest BCUT2D eigenvalue weighted by Crippen LogP contribution is 2.42. The Labute approximate surface area is 107 Å². The summed E-state index contributed by atoms with van der Waals surface area (Å²) < 4.78 is 0.0197. The molecule has 2 aliphatic heterocycles. The quantitative estimate of drug-likeness (QED) is 0.612. The van der Waals surface area contributed by atoms with Crippen molar-refractivity contribution in [3.05, 3.63) is 0 Å². The highest BCUT2D eigenvalue weighted by atomic mass is 79.9. The van der Waals surface area contributed by atoms with Crippen molar-refractivity contribution in [1.29, 1.82) is 0 Å². The van der Waals surface area contributed by atoms with E-state index in [0.29, 0.717) is 5.25 Å². The molecule has 2 rings (SSSR count). The van der Waals surface area contributed by atoms with Gasteiger partial charge in [0.2, 0.25) is 0 Å². The second kappa shape index (κ2) is 5.04. The zero-order valence-electron chi connectivity index (χ0n) is 8.14. The summed E-state index contributed by atoms with van der Waals surface area (Å²) in [7, 11) is 0. The topological polar surface area (TPSA) is 15.3 Å². The Morgan fingerprint density at radius 2 is 2.07 bits per heavy atom. The molecule has 0 aromatic rings. The van der Waals surface area contributed by atoms with Crippen molar-refractivity contribution in [3.63, 3.8) is 0 Å². The first-order chi connectivity index (χ1) is 6.74. The number of likely N-dealkylation sites (tertiary alicyclic amines) is 1. The first-order valence-corrected chi connectivity index (χ1v) is 7.97. The zero-order valence-corrected chi connectivity index (χ0v) is 12.1. The average Bonchev–Trinajstić information content (AvgIpc) is 2.63. The van der Waals surface area contributed by atoms with Crippen molar-refractivity contribution in [2.75, 3.05) is 25.0 Å². The van der Waals surface area contributed by atoms with E-state index in [9.17, 15) is 0 Å². The monoisotopic (exact) mass is 342 g/mol. The molecule has 2 fully saturated rings. The SMILES string of the molecule is BrCC1CNC(Br)(N2CCCCC2)S1. The van der Waals surface area contributed by atoms with E-state index < -0.39 is 0 Å². The summed E-state index contributed by atoms with van der Waals surface area (Å²) in [5.41, 5.74) is 0. The Morgan fingerprint density at radius 3 is 2.64 bits per heavy atom. The Kier molecular flexibility index (Phi) is 4.21. The predicted molar refractivity (Wildman–Crippen MR) is 70.3 cm³/mol. The summed E-state index contributed by atoms with van der Waals surface area (Å²) in [6.45, 7) is 3.54. The van der Waals surface area contributed by atoms with Crippen LogP contribution in [0.4, 0.5) is 0 Å². The zero-order chi connectivity index (χ0) is 10.0. The van der Waals surface area contributed by atoms with Crippen molar-refractivity contribution in [1.82, 2.24) is 10.2 Å². The van der Waals surface area contributed by atoms with E-state index in [1.54, 1.807) is 0 Å². The van der Waals surface area contributed by atoms with Gasteiger partial charge in [0.25, 0.3) is 0 Å². The maximum atomic E-state index is 3.85. The molecular weight excluding hydrogens is 328 g/mol. The third-order valence-electron chi connectivity index (χ3n) is 2.81. The summed E-state index contributed by atoms with van der Waals surface area (Å²) in [5.74, 6) is 0. The van der Waals surface area contributed by atoms with Crippen molar-refractivity contribution in [3.8, 4) is 0 Å². The molecule has 2 unspecified atom stereocenters. The van der Waals surface area contributed by atoms with Gasteiger partial charge in [-0.05, 0) is 28.8 Å². The number of thioether (sulfide) groups is 1. The Hall–Kier alpha value is 1.23. The normalized spacial score (nSPS) is 40.3. The average molecular weight is 344 g/mol. The first kappa shape index (κ1) is 11.7. The third-order valence-corrected chi connectivity index (χ3v) is 6.74. The number of hydrogen-bond donors (Lipinski definition) is 1. The van der Waals surface area contributed by atoms with Gasteiger partial charge in [-0.15, -0.1) is 11.8 Å². The van der Waals surface area contributed by atoms with Crippen LogP contribution in [0.2, 0.25) is 0 Å². The molecule has 0 amide bonds. The van der Waals surface area contributed by atoms with Gasteiger partial charge >= 0.3 is 0 Å². The van der Waals surface area contributed by atoms with Gasteiger partial charge in [0.05, 0.1) is 0 Å². The van der Waals surface area contributed by atoms with Crippen LogP contribution in [0.3, 0.4) is 0 Å². The lowest BCUT2D eigenvalue weighted by molar-refractivity contribution is 0.182. The van der Waals surface area contributed by atoms with Gasteiger partial charge in [-0.25, -0.2) is 0 Å². The largest absolute Gasteiger partial charge is 0.280 e. The van der Waals surface area contributed by atoms with E-state index in [1.807, 2.05) is 11.8 Å². The van der Waals surface area contributed by atoms with Gasteiger partial charge in [0.1, 0.15) is 0 Å². The van der Waals surface area contributed by atoms with Crippen LogP contribution in [0.15, 0.2) is 0 Å². The van der Waals surface area contributed by atoms with Crippen molar-refractivity contribution >= 4 is 43.6 Å². The molecule has 0 aliphatic carbocycles. The van der Waals surface area contributed by atoms with Crippen LogP contribution >= 0.6 is 43.6 Å². The van der Waals surface area contributed by atoms with E-state index in [1.165, 1.54) is 32.4 Å². The Balaban J connectivity index is 1.94. The van der Waals surface area contributed by atoms with E-state index in [-0.39, 0.29) is 3.90 Å². The van der Waals surface area contributed by atoms with E-state index in [2.05, 4.69) is 42.1 Å². The van der Waals surface area contributed by atoms with Crippen LogP contribution < -0.4 is 5.32 Å². The van der Waals surface area contributed by atoms with Crippen LogP contribution in [-0.4, -0.2) is 39.0 Å². The summed E-state index contributed by atoms with van der Waals surface area (Å²) in [6.07, 6.45) is 4.08. The molecule has 5 heteroatoms. The summed E-state index contributed by atoms with van der Waals surface area (Å²) in [4.78, 5) is 2.53. The lowest BCUT2D eigenvalue weighted by Crippen LogP contribution is -2.50.